The van der Waals surface area contributed by atoms with E-state index in [0.29, 0.717) is 18.8 Å². The lowest BCUT2D eigenvalue weighted by molar-refractivity contribution is 0.347. The summed E-state index contributed by atoms with van der Waals surface area (Å²) in [6.07, 6.45) is 8.21. The van der Waals surface area contributed by atoms with Gasteiger partial charge in [-0.05, 0) is 55.7 Å². The number of hydrogen-bond acceptors (Lipinski definition) is 3. The van der Waals surface area contributed by atoms with Crippen LogP contribution in [0.2, 0.25) is 0 Å². The van der Waals surface area contributed by atoms with Crippen LogP contribution in [0.25, 0.3) is 0 Å². The first kappa shape index (κ1) is 16.3. The molecule has 6 heteroatoms. The zero-order valence-electron chi connectivity index (χ0n) is 13.6. The molecule has 0 heterocycles. The van der Waals surface area contributed by atoms with Gasteiger partial charge in [-0.15, -0.1) is 0 Å². The van der Waals surface area contributed by atoms with Crippen LogP contribution in [-0.4, -0.2) is 31.9 Å². The topological polar surface area (TPSA) is 84.5 Å². The van der Waals surface area contributed by atoms with E-state index in [1.807, 2.05) is 12.1 Å². The van der Waals surface area contributed by atoms with Crippen LogP contribution in [0.3, 0.4) is 0 Å². The van der Waals surface area contributed by atoms with Crippen molar-refractivity contribution >= 4 is 21.5 Å². The molecular weight excluding hydrogens is 310 g/mol. The molecule has 3 N–H and O–H groups in total. The maximum atomic E-state index is 12.0. The number of benzene rings is 1. The second-order valence-corrected chi connectivity index (χ2v) is 9.20. The van der Waals surface area contributed by atoms with Gasteiger partial charge in [-0.2, -0.15) is 0 Å². The SMILES string of the molecule is CS(=O)(=O)C1(CN=C(N)Nc2cccc3c2CCCC3)CCC1. The number of nitrogens with two attached hydrogens (primary N) is 1. The molecule has 2 aliphatic rings. The van der Waals surface area contributed by atoms with E-state index >= 15 is 0 Å². The van der Waals surface area contributed by atoms with Gasteiger partial charge in [-0.3, -0.25) is 4.99 Å². The quantitative estimate of drug-likeness (QED) is 0.653. The fraction of sp³-hybridized carbons (Fsp3) is 0.588. The Labute approximate surface area is 138 Å². The van der Waals surface area contributed by atoms with E-state index in [9.17, 15) is 8.42 Å². The molecule has 0 atom stereocenters. The van der Waals surface area contributed by atoms with Crippen molar-refractivity contribution in [2.24, 2.45) is 10.7 Å². The first-order chi connectivity index (χ1) is 10.9. The zero-order chi connectivity index (χ0) is 16.5. The third-order valence-corrected chi connectivity index (χ3v) is 7.36. The minimum absolute atomic E-state index is 0.250. The fourth-order valence-corrected chi connectivity index (χ4v) is 4.85. The minimum atomic E-state index is -3.10. The molecule has 1 fully saturated rings. The number of guanidine groups is 1. The van der Waals surface area contributed by atoms with Gasteiger partial charge in [0.2, 0.25) is 0 Å². The molecule has 0 aliphatic heterocycles. The number of rotatable bonds is 4. The number of nitrogens with one attached hydrogen (secondary N) is 1. The molecule has 0 spiro atoms. The number of aryl methyl sites for hydroxylation is 1. The summed E-state index contributed by atoms with van der Waals surface area (Å²) in [5.41, 5.74) is 9.71. The predicted molar refractivity (Wildman–Crippen MR) is 94.6 cm³/mol. The average Bonchev–Trinajstić information content (AvgIpc) is 2.45. The zero-order valence-corrected chi connectivity index (χ0v) is 14.5. The summed E-state index contributed by atoms with van der Waals surface area (Å²) in [5, 5.41) is 3.18. The number of hydrogen-bond donors (Lipinski definition) is 2. The van der Waals surface area contributed by atoms with Gasteiger partial charge in [0.05, 0.1) is 11.3 Å². The molecule has 1 saturated carbocycles. The minimum Gasteiger partial charge on any atom is -0.370 e. The molecule has 1 aromatic carbocycles. The Balaban J connectivity index is 1.73. The van der Waals surface area contributed by atoms with Gasteiger partial charge in [-0.1, -0.05) is 18.6 Å². The van der Waals surface area contributed by atoms with Gasteiger partial charge >= 0.3 is 0 Å². The summed E-state index contributed by atoms with van der Waals surface area (Å²) < 4.78 is 23.2. The maximum absolute atomic E-state index is 12.0. The van der Waals surface area contributed by atoms with Crippen LogP contribution in [0, 0.1) is 0 Å². The standard InChI is InChI=1S/C17H25N3O2S/c1-23(21,22)17(10-5-11-17)12-19-16(18)20-15-9-4-7-13-6-2-3-8-14(13)15/h4,7,9H,2-3,5-6,8,10-12H2,1H3,(H3,18,19,20). The van der Waals surface area contributed by atoms with Gasteiger partial charge in [0.15, 0.2) is 15.8 Å². The van der Waals surface area contributed by atoms with Crippen LogP contribution >= 0.6 is 0 Å². The van der Waals surface area contributed by atoms with Gasteiger partial charge in [-0.25, -0.2) is 8.42 Å². The molecule has 0 radical (unpaired) electrons. The van der Waals surface area contributed by atoms with E-state index in [1.165, 1.54) is 30.2 Å². The summed E-state index contributed by atoms with van der Waals surface area (Å²) >= 11 is 0. The fourth-order valence-electron chi connectivity index (χ4n) is 3.52. The van der Waals surface area contributed by atoms with Crippen LogP contribution in [0.1, 0.15) is 43.2 Å². The highest BCUT2D eigenvalue weighted by Crippen LogP contribution is 2.39. The third-order valence-electron chi connectivity index (χ3n) is 5.25. The van der Waals surface area contributed by atoms with E-state index in [1.54, 1.807) is 0 Å². The van der Waals surface area contributed by atoms with E-state index in [0.717, 1.165) is 24.9 Å². The second-order valence-electron chi connectivity index (χ2n) is 6.79. The Morgan fingerprint density at radius 1 is 1.26 bits per heavy atom. The highest BCUT2D eigenvalue weighted by Gasteiger charge is 2.46. The molecule has 0 unspecified atom stereocenters. The predicted octanol–water partition coefficient (Wildman–Crippen LogP) is 2.26. The van der Waals surface area contributed by atoms with Gasteiger partial charge < -0.3 is 11.1 Å². The van der Waals surface area contributed by atoms with Crippen molar-refractivity contribution in [3.05, 3.63) is 29.3 Å². The molecule has 126 valence electrons. The summed E-state index contributed by atoms with van der Waals surface area (Å²) in [6.45, 7) is 0.250. The number of sulfone groups is 1. The van der Waals surface area contributed by atoms with Crippen molar-refractivity contribution in [2.45, 2.75) is 49.7 Å². The molecule has 0 aromatic heterocycles. The van der Waals surface area contributed by atoms with Crippen LogP contribution in [0.4, 0.5) is 5.69 Å². The largest absolute Gasteiger partial charge is 0.370 e. The number of anilines is 1. The Hall–Kier alpha value is -1.56. The summed E-state index contributed by atoms with van der Waals surface area (Å²) in [7, 11) is -3.10. The normalized spacial score (nSPS) is 20.5. The van der Waals surface area contributed by atoms with E-state index in [-0.39, 0.29) is 6.54 Å². The molecule has 0 bridgehead atoms. The van der Waals surface area contributed by atoms with Crippen molar-refractivity contribution in [1.82, 2.24) is 0 Å². The molecule has 0 saturated heterocycles. The molecule has 1 aromatic rings. The highest BCUT2D eigenvalue weighted by atomic mass is 32.2. The Bertz CT molecular complexity index is 721. The Kier molecular flexibility index (Phi) is 4.36. The summed E-state index contributed by atoms with van der Waals surface area (Å²) in [4.78, 5) is 4.33. The van der Waals surface area contributed by atoms with Crippen molar-refractivity contribution in [1.29, 1.82) is 0 Å². The van der Waals surface area contributed by atoms with Crippen molar-refractivity contribution in [3.63, 3.8) is 0 Å². The first-order valence-electron chi connectivity index (χ1n) is 8.29. The van der Waals surface area contributed by atoms with Crippen LogP contribution < -0.4 is 11.1 Å². The van der Waals surface area contributed by atoms with Gasteiger partial charge in [0.1, 0.15) is 0 Å². The van der Waals surface area contributed by atoms with Crippen LogP contribution in [-0.2, 0) is 22.7 Å². The average molecular weight is 335 g/mol. The van der Waals surface area contributed by atoms with E-state index < -0.39 is 14.6 Å². The third kappa shape index (κ3) is 3.22. The molecular formula is C17H25N3O2S. The lowest BCUT2D eigenvalue weighted by Gasteiger charge is -2.38. The molecule has 23 heavy (non-hydrogen) atoms. The summed E-state index contributed by atoms with van der Waals surface area (Å²) in [6, 6.07) is 6.21. The maximum Gasteiger partial charge on any atom is 0.193 e. The number of aliphatic imine (C=N–C) groups is 1. The Morgan fingerprint density at radius 3 is 2.65 bits per heavy atom. The van der Waals surface area contributed by atoms with Crippen molar-refractivity contribution < 1.29 is 8.42 Å². The van der Waals surface area contributed by atoms with Crippen LogP contribution in [0.15, 0.2) is 23.2 Å². The molecule has 3 rings (SSSR count). The lowest BCUT2D eigenvalue weighted by Crippen LogP contribution is -2.48. The smallest absolute Gasteiger partial charge is 0.193 e. The summed E-state index contributed by atoms with van der Waals surface area (Å²) in [5.74, 6) is 0.305. The van der Waals surface area contributed by atoms with E-state index in [2.05, 4.69) is 16.4 Å². The van der Waals surface area contributed by atoms with Gasteiger partial charge in [0, 0.05) is 11.9 Å². The number of fused-ring (bicyclic) bond motifs is 1. The first-order valence-corrected chi connectivity index (χ1v) is 10.2. The molecule has 2 aliphatic carbocycles. The van der Waals surface area contributed by atoms with E-state index in [4.69, 9.17) is 5.73 Å². The second kappa shape index (κ2) is 6.15. The van der Waals surface area contributed by atoms with Crippen molar-refractivity contribution in [2.75, 3.05) is 18.1 Å². The van der Waals surface area contributed by atoms with Crippen LogP contribution in [0.5, 0.6) is 0 Å². The molecule has 0 amide bonds. The van der Waals surface area contributed by atoms with Crippen molar-refractivity contribution in [3.8, 4) is 0 Å². The monoisotopic (exact) mass is 335 g/mol. The number of nitrogens with zero attached hydrogens (tertiary/aromatic N) is 1. The molecule has 5 nitrogen and oxygen atoms in total. The van der Waals surface area contributed by atoms with Gasteiger partial charge in [0.25, 0.3) is 0 Å². The highest BCUT2D eigenvalue weighted by molar-refractivity contribution is 7.92. The lowest BCUT2D eigenvalue weighted by atomic mass is 9.84. The Morgan fingerprint density at radius 2 is 2.00 bits per heavy atom.